The minimum atomic E-state index is -3.09. The number of carboxylic acids is 1. The molecule has 43 heavy (non-hydrogen) atoms. The van der Waals surface area contributed by atoms with Crippen LogP contribution >= 0.6 is 0 Å². The summed E-state index contributed by atoms with van der Waals surface area (Å²) < 4.78 is 49.2. The van der Waals surface area contributed by atoms with E-state index in [1.165, 1.54) is 24.9 Å². The molecule has 2 aromatic rings. The number of fused-ring (bicyclic) bond motifs is 1. The lowest BCUT2D eigenvalue weighted by atomic mass is 9.94. The number of aliphatic carboxylic acids is 1. The highest BCUT2D eigenvalue weighted by molar-refractivity contribution is 5.94. The summed E-state index contributed by atoms with van der Waals surface area (Å²) in [4.78, 5) is 35.9. The number of rotatable bonds is 18. The molecular weight excluding hydrogens is 567 g/mol. The van der Waals surface area contributed by atoms with Crippen LogP contribution in [-0.4, -0.2) is 90.6 Å². The Balaban J connectivity index is 1.34. The summed E-state index contributed by atoms with van der Waals surface area (Å²) >= 11 is 0. The van der Waals surface area contributed by atoms with E-state index in [0.717, 1.165) is 56.4 Å². The van der Waals surface area contributed by atoms with Crippen LogP contribution in [0.4, 0.5) is 19.0 Å². The van der Waals surface area contributed by atoms with Gasteiger partial charge in [-0.3, -0.25) is 9.78 Å². The quantitative estimate of drug-likeness (QED) is 0.217. The second-order valence-electron chi connectivity index (χ2n) is 11.1. The molecule has 10 nitrogen and oxygen atoms in total. The molecule has 0 spiro atoms. The van der Waals surface area contributed by atoms with Crippen molar-refractivity contribution in [2.45, 2.75) is 75.5 Å². The third-order valence-corrected chi connectivity index (χ3v) is 8.11. The van der Waals surface area contributed by atoms with Crippen LogP contribution in [0.2, 0.25) is 0 Å². The maximum absolute atomic E-state index is 13.5. The highest BCUT2D eigenvalue weighted by Crippen LogP contribution is 2.51. The average Bonchev–Trinajstić information content (AvgIpc) is 3.81. The van der Waals surface area contributed by atoms with Crippen LogP contribution in [-0.2, 0) is 32.6 Å². The number of amides is 1. The van der Waals surface area contributed by atoms with Gasteiger partial charge in [0.05, 0.1) is 17.7 Å². The van der Waals surface area contributed by atoms with E-state index in [1.54, 1.807) is 0 Å². The first kappa shape index (κ1) is 32.5. The zero-order valence-electron chi connectivity index (χ0n) is 24.4. The molecule has 0 aromatic carbocycles. The number of aryl methyl sites for hydroxylation is 2. The van der Waals surface area contributed by atoms with Crippen molar-refractivity contribution >= 4 is 17.7 Å². The summed E-state index contributed by atoms with van der Waals surface area (Å²) in [6.45, 7) is -1.73. The van der Waals surface area contributed by atoms with Crippen molar-refractivity contribution < 1.29 is 37.3 Å². The van der Waals surface area contributed by atoms with E-state index < -0.39 is 42.7 Å². The maximum Gasteiger partial charge on any atom is 0.387 e. The molecule has 2 atom stereocenters. The summed E-state index contributed by atoms with van der Waals surface area (Å²) in [6.07, 6.45) is 7.14. The number of alkyl halides is 3. The molecule has 1 aliphatic heterocycles. The van der Waals surface area contributed by atoms with Crippen molar-refractivity contribution in [3.63, 3.8) is 0 Å². The molecule has 1 fully saturated rings. The second-order valence-corrected chi connectivity index (χ2v) is 11.1. The molecule has 236 valence electrons. The summed E-state index contributed by atoms with van der Waals surface area (Å²) in [5.41, 5.74) is 1.32. The fourth-order valence-corrected chi connectivity index (χ4v) is 5.49. The number of nitrogens with zero attached hydrogens (tertiary/aromatic N) is 3. The zero-order valence-corrected chi connectivity index (χ0v) is 24.4. The minimum absolute atomic E-state index is 0.0641. The van der Waals surface area contributed by atoms with E-state index in [1.807, 2.05) is 4.90 Å². The standard InChI is InChI=1S/C30H40F3N5O5/c1-42-22(17-31)19-38(15-3-2-6-21-8-7-20-5-4-13-35-26(20)36-21)16-10-24(27(39)40)37-28(41)30(11-12-30)23-9-14-34-18-25(23)43-29(32)33/h7-9,14,18,22,24,29H,2-6,10-13,15-17,19H2,1H3,(H,35,36)(H,37,41)(H,39,40). The predicted octanol–water partition coefficient (Wildman–Crippen LogP) is 3.74. The van der Waals surface area contributed by atoms with Gasteiger partial charge in [-0.1, -0.05) is 6.07 Å². The molecule has 4 rings (SSSR count). The van der Waals surface area contributed by atoms with Crippen molar-refractivity contribution in [2.24, 2.45) is 0 Å². The Kier molecular flexibility index (Phi) is 11.6. The van der Waals surface area contributed by atoms with Crippen molar-refractivity contribution in [1.29, 1.82) is 0 Å². The molecule has 2 aliphatic rings. The number of ether oxygens (including phenoxy) is 2. The van der Waals surface area contributed by atoms with E-state index >= 15 is 0 Å². The van der Waals surface area contributed by atoms with Gasteiger partial charge in [0.1, 0.15) is 24.3 Å². The van der Waals surface area contributed by atoms with Crippen molar-refractivity contribution in [1.82, 2.24) is 20.2 Å². The number of anilines is 1. The van der Waals surface area contributed by atoms with Crippen LogP contribution < -0.4 is 15.4 Å². The maximum atomic E-state index is 13.5. The SMILES string of the molecule is COC(CF)CN(CCCCc1ccc2c(n1)NCCC2)CCC(NC(=O)C1(c2ccncc2OC(F)F)CC1)C(=O)O. The highest BCUT2D eigenvalue weighted by Gasteiger charge is 2.53. The van der Waals surface area contributed by atoms with Crippen molar-refractivity contribution in [3.05, 3.63) is 47.4 Å². The van der Waals surface area contributed by atoms with Crippen LogP contribution in [0.3, 0.4) is 0 Å². The normalized spacial score (nSPS) is 16.7. The van der Waals surface area contributed by atoms with E-state index in [0.29, 0.717) is 19.4 Å². The van der Waals surface area contributed by atoms with Crippen LogP contribution in [0.1, 0.15) is 55.3 Å². The summed E-state index contributed by atoms with van der Waals surface area (Å²) in [6, 6.07) is 4.38. The van der Waals surface area contributed by atoms with Crippen LogP contribution in [0.15, 0.2) is 30.6 Å². The van der Waals surface area contributed by atoms with Crippen molar-refractivity contribution in [3.8, 4) is 5.75 Å². The monoisotopic (exact) mass is 607 g/mol. The van der Waals surface area contributed by atoms with Gasteiger partial charge < -0.3 is 30.1 Å². The average molecular weight is 608 g/mol. The van der Waals surface area contributed by atoms with Gasteiger partial charge in [-0.05, 0) is 75.6 Å². The van der Waals surface area contributed by atoms with E-state index in [9.17, 15) is 27.9 Å². The molecular formula is C30H40F3N5O5. The lowest BCUT2D eigenvalue weighted by Crippen LogP contribution is -2.47. The number of methoxy groups -OCH3 is 1. The number of unbranched alkanes of at least 4 members (excludes halogenated alkanes) is 1. The van der Waals surface area contributed by atoms with Gasteiger partial charge in [-0.25, -0.2) is 14.2 Å². The number of carboxylic acid groups (broad SMARTS) is 1. The second kappa shape index (κ2) is 15.3. The van der Waals surface area contributed by atoms with Crippen LogP contribution in [0.5, 0.6) is 5.75 Å². The Morgan fingerprint density at radius 2 is 2.02 bits per heavy atom. The number of halogens is 3. The number of carbonyl (C=O) groups is 2. The van der Waals surface area contributed by atoms with E-state index in [2.05, 4.69) is 32.5 Å². The van der Waals surface area contributed by atoms with Gasteiger partial charge in [0.25, 0.3) is 0 Å². The molecule has 0 saturated heterocycles. The molecule has 0 radical (unpaired) electrons. The molecule has 3 heterocycles. The Morgan fingerprint density at radius 3 is 2.72 bits per heavy atom. The summed E-state index contributed by atoms with van der Waals surface area (Å²) in [5, 5.41) is 15.8. The lowest BCUT2D eigenvalue weighted by Gasteiger charge is -2.28. The van der Waals surface area contributed by atoms with Gasteiger partial charge in [-0.15, -0.1) is 0 Å². The van der Waals surface area contributed by atoms with Gasteiger partial charge in [0, 0.05) is 44.2 Å². The van der Waals surface area contributed by atoms with Crippen LogP contribution in [0.25, 0.3) is 0 Å². The summed E-state index contributed by atoms with van der Waals surface area (Å²) in [7, 11) is 1.43. The number of hydrogen-bond donors (Lipinski definition) is 3. The number of carbonyl (C=O) groups excluding carboxylic acids is 1. The molecule has 1 aliphatic carbocycles. The van der Waals surface area contributed by atoms with Gasteiger partial charge in [-0.2, -0.15) is 8.78 Å². The number of aromatic nitrogens is 2. The Hall–Kier alpha value is -3.45. The Morgan fingerprint density at radius 1 is 1.21 bits per heavy atom. The van der Waals surface area contributed by atoms with Gasteiger partial charge in [0.2, 0.25) is 5.91 Å². The molecule has 3 N–H and O–H groups in total. The predicted molar refractivity (Wildman–Crippen MR) is 153 cm³/mol. The van der Waals surface area contributed by atoms with Gasteiger partial charge >= 0.3 is 12.6 Å². The molecule has 1 saturated carbocycles. The first-order valence-corrected chi connectivity index (χ1v) is 14.7. The highest BCUT2D eigenvalue weighted by atomic mass is 19.3. The van der Waals surface area contributed by atoms with Gasteiger partial charge in [0.15, 0.2) is 0 Å². The van der Waals surface area contributed by atoms with Crippen molar-refractivity contribution in [2.75, 3.05) is 45.3 Å². The number of hydrogen-bond acceptors (Lipinski definition) is 8. The molecule has 0 bridgehead atoms. The minimum Gasteiger partial charge on any atom is -0.480 e. The first-order valence-electron chi connectivity index (χ1n) is 14.7. The molecule has 2 unspecified atom stereocenters. The fourth-order valence-electron chi connectivity index (χ4n) is 5.49. The molecule has 13 heteroatoms. The number of nitrogens with one attached hydrogen (secondary N) is 2. The lowest BCUT2D eigenvalue weighted by molar-refractivity contribution is -0.142. The molecule has 2 aromatic heterocycles. The topological polar surface area (TPSA) is 126 Å². The number of pyridine rings is 2. The zero-order chi connectivity index (χ0) is 30.8. The third kappa shape index (κ3) is 8.79. The van der Waals surface area contributed by atoms with E-state index in [4.69, 9.17) is 9.72 Å². The first-order chi connectivity index (χ1) is 20.8. The Bertz CT molecular complexity index is 1230. The third-order valence-electron chi connectivity index (χ3n) is 8.11. The van der Waals surface area contributed by atoms with Crippen LogP contribution in [0, 0.1) is 0 Å². The Labute approximate surface area is 249 Å². The molecule has 1 amide bonds. The van der Waals surface area contributed by atoms with E-state index in [-0.39, 0.29) is 30.8 Å². The fraction of sp³-hybridized carbons (Fsp3) is 0.600. The summed E-state index contributed by atoms with van der Waals surface area (Å²) in [5.74, 6) is -1.04. The largest absolute Gasteiger partial charge is 0.480 e. The smallest absolute Gasteiger partial charge is 0.387 e.